The largest absolute Gasteiger partial charge is 0.384 e. The Morgan fingerprint density at radius 2 is 1.85 bits per heavy atom. The highest BCUT2D eigenvalue weighted by Crippen LogP contribution is 2.23. The molecule has 0 radical (unpaired) electrons. The summed E-state index contributed by atoms with van der Waals surface area (Å²) >= 11 is 0. The molecule has 0 saturated carbocycles. The van der Waals surface area contributed by atoms with Crippen molar-refractivity contribution in [3.63, 3.8) is 0 Å². The number of aryl methyl sites for hydroxylation is 1. The lowest BCUT2D eigenvalue weighted by Gasteiger charge is -2.22. The van der Waals surface area contributed by atoms with Crippen molar-refractivity contribution in [1.29, 1.82) is 0 Å². The number of hydrogen-bond acceptors (Lipinski definition) is 4. The monoisotopic (exact) mass is 368 g/mol. The minimum Gasteiger partial charge on any atom is -0.384 e. The Hall–Kier alpha value is -2.56. The molecule has 1 amide bonds. The van der Waals surface area contributed by atoms with Crippen LogP contribution in [-0.4, -0.2) is 30.5 Å². The number of benzene rings is 1. The Bertz CT molecular complexity index is 724. The number of hydrogen-bond donors (Lipinski definition) is 2. The van der Waals surface area contributed by atoms with Crippen LogP contribution in [0.4, 0.5) is 17.1 Å². The second-order valence-corrected chi connectivity index (χ2v) is 6.69. The van der Waals surface area contributed by atoms with Crippen LogP contribution in [0.15, 0.2) is 36.5 Å². The van der Waals surface area contributed by atoms with Gasteiger partial charge in [-0.05, 0) is 63.1 Å². The van der Waals surface area contributed by atoms with Crippen molar-refractivity contribution in [1.82, 2.24) is 4.98 Å². The van der Waals surface area contributed by atoms with Gasteiger partial charge in [0.1, 0.15) is 5.69 Å². The van der Waals surface area contributed by atoms with Gasteiger partial charge in [-0.2, -0.15) is 0 Å². The van der Waals surface area contributed by atoms with E-state index in [2.05, 4.69) is 47.4 Å². The Kier molecular flexibility index (Phi) is 8.11. The van der Waals surface area contributed by atoms with Gasteiger partial charge in [-0.15, -0.1) is 0 Å². The summed E-state index contributed by atoms with van der Waals surface area (Å²) in [4.78, 5) is 19.1. The third-order valence-electron chi connectivity index (χ3n) is 4.69. The van der Waals surface area contributed by atoms with E-state index in [1.165, 1.54) is 18.5 Å². The number of anilines is 3. The molecule has 0 aliphatic heterocycles. The summed E-state index contributed by atoms with van der Waals surface area (Å²) in [5.74, 6) is -0.189. The molecule has 2 rings (SSSR count). The molecule has 0 unspecified atom stereocenters. The first-order valence-corrected chi connectivity index (χ1v) is 9.95. The fraction of sp³-hybridized carbons (Fsp3) is 0.455. The van der Waals surface area contributed by atoms with Crippen LogP contribution in [-0.2, 0) is 0 Å². The number of pyridine rings is 1. The Morgan fingerprint density at radius 3 is 2.44 bits per heavy atom. The highest BCUT2D eigenvalue weighted by molar-refractivity contribution is 6.03. The molecular weight excluding hydrogens is 336 g/mol. The lowest BCUT2D eigenvalue weighted by atomic mass is 10.1. The molecule has 0 saturated heterocycles. The first-order chi connectivity index (χ1) is 13.1. The van der Waals surface area contributed by atoms with Gasteiger partial charge in [0, 0.05) is 31.0 Å². The Morgan fingerprint density at radius 1 is 1.07 bits per heavy atom. The minimum absolute atomic E-state index is 0.189. The molecular formula is C22H32N4O. The van der Waals surface area contributed by atoms with Gasteiger partial charge in [0.2, 0.25) is 0 Å². The van der Waals surface area contributed by atoms with E-state index in [1.807, 2.05) is 25.1 Å². The molecule has 0 bridgehead atoms. The van der Waals surface area contributed by atoms with Gasteiger partial charge < -0.3 is 15.5 Å². The molecule has 0 spiro atoms. The number of rotatable bonds is 10. The normalized spacial score (nSPS) is 10.5. The van der Waals surface area contributed by atoms with Crippen LogP contribution >= 0.6 is 0 Å². The predicted octanol–water partition coefficient (Wildman–Crippen LogP) is 5.09. The van der Waals surface area contributed by atoms with E-state index in [0.29, 0.717) is 5.69 Å². The zero-order valence-corrected chi connectivity index (χ0v) is 17.0. The summed E-state index contributed by atoms with van der Waals surface area (Å²) in [7, 11) is 0. The topological polar surface area (TPSA) is 57.3 Å². The molecule has 27 heavy (non-hydrogen) atoms. The summed E-state index contributed by atoms with van der Waals surface area (Å²) in [6.45, 7) is 11.3. The maximum absolute atomic E-state index is 12.5. The van der Waals surface area contributed by atoms with Crippen LogP contribution in [0, 0.1) is 6.92 Å². The first kappa shape index (κ1) is 20.7. The van der Waals surface area contributed by atoms with E-state index in [-0.39, 0.29) is 5.91 Å². The fourth-order valence-corrected chi connectivity index (χ4v) is 3.00. The van der Waals surface area contributed by atoms with Gasteiger partial charge in [-0.1, -0.05) is 19.8 Å². The van der Waals surface area contributed by atoms with Crippen LogP contribution in [0.5, 0.6) is 0 Å². The molecule has 0 aliphatic rings. The minimum atomic E-state index is -0.189. The van der Waals surface area contributed by atoms with Gasteiger partial charge in [-0.25, -0.2) is 4.98 Å². The van der Waals surface area contributed by atoms with Crippen molar-refractivity contribution in [2.24, 2.45) is 0 Å². The summed E-state index contributed by atoms with van der Waals surface area (Å²) in [6, 6.07) is 9.79. The summed E-state index contributed by atoms with van der Waals surface area (Å²) in [6.07, 6.45) is 5.28. The Labute approximate surface area is 163 Å². The lowest BCUT2D eigenvalue weighted by molar-refractivity contribution is 0.102. The van der Waals surface area contributed by atoms with Crippen LogP contribution in [0.2, 0.25) is 0 Å². The Balaban J connectivity index is 1.98. The number of carbonyl (C=O) groups is 1. The average Bonchev–Trinajstić information content (AvgIpc) is 2.68. The predicted molar refractivity (Wildman–Crippen MR) is 115 cm³/mol. The van der Waals surface area contributed by atoms with Crippen molar-refractivity contribution in [2.75, 3.05) is 35.2 Å². The number of aromatic nitrogens is 1. The SMILES string of the molecule is CCCCCNc1ccc(C(=O)Nc2ccc(N(CC)CC)cc2C)nc1. The molecule has 1 heterocycles. The van der Waals surface area contributed by atoms with E-state index in [9.17, 15) is 4.79 Å². The standard InChI is InChI=1S/C22H32N4O/c1-5-8-9-14-23-18-10-12-21(24-16-18)22(27)25-20-13-11-19(15-17(20)4)26(6-2)7-3/h10-13,15-16,23H,5-9,14H2,1-4H3,(H,25,27). The summed E-state index contributed by atoms with van der Waals surface area (Å²) in [5, 5.41) is 6.30. The van der Waals surface area contributed by atoms with Crippen molar-refractivity contribution in [3.05, 3.63) is 47.8 Å². The summed E-state index contributed by atoms with van der Waals surface area (Å²) in [5.41, 5.74) is 4.40. The highest BCUT2D eigenvalue weighted by atomic mass is 16.1. The molecule has 1 aromatic heterocycles. The lowest BCUT2D eigenvalue weighted by Crippen LogP contribution is -2.22. The highest BCUT2D eigenvalue weighted by Gasteiger charge is 2.11. The molecule has 2 N–H and O–H groups in total. The van der Waals surface area contributed by atoms with E-state index >= 15 is 0 Å². The van der Waals surface area contributed by atoms with Gasteiger partial charge in [0.15, 0.2) is 0 Å². The molecule has 0 fully saturated rings. The molecule has 0 aliphatic carbocycles. The fourth-order valence-electron chi connectivity index (χ4n) is 3.00. The van der Waals surface area contributed by atoms with Gasteiger partial charge in [0.25, 0.3) is 5.91 Å². The van der Waals surface area contributed by atoms with Crippen molar-refractivity contribution in [3.8, 4) is 0 Å². The van der Waals surface area contributed by atoms with Gasteiger partial charge in [-0.3, -0.25) is 4.79 Å². The molecule has 0 atom stereocenters. The van der Waals surface area contributed by atoms with E-state index in [0.717, 1.165) is 43.0 Å². The molecule has 146 valence electrons. The van der Waals surface area contributed by atoms with Crippen LogP contribution in [0.25, 0.3) is 0 Å². The van der Waals surface area contributed by atoms with E-state index < -0.39 is 0 Å². The third kappa shape index (κ3) is 5.98. The number of amides is 1. The van der Waals surface area contributed by atoms with Crippen LogP contribution < -0.4 is 15.5 Å². The van der Waals surface area contributed by atoms with Crippen molar-refractivity contribution >= 4 is 23.0 Å². The van der Waals surface area contributed by atoms with E-state index in [4.69, 9.17) is 0 Å². The van der Waals surface area contributed by atoms with Crippen LogP contribution in [0.3, 0.4) is 0 Å². The first-order valence-electron chi connectivity index (χ1n) is 9.95. The number of nitrogens with one attached hydrogen (secondary N) is 2. The number of unbranched alkanes of at least 4 members (excludes halogenated alkanes) is 2. The second-order valence-electron chi connectivity index (χ2n) is 6.69. The van der Waals surface area contributed by atoms with Crippen LogP contribution in [0.1, 0.15) is 56.1 Å². The average molecular weight is 369 g/mol. The van der Waals surface area contributed by atoms with E-state index in [1.54, 1.807) is 12.3 Å². The third-order valence-corrected chi connectivity index (χ3v) is 4.69. The van der Waals surface area contributed by atoms with Gasteiger partial charge in [0.05, 0.1) is 11.9 Å². The smallest absolute Gasteiger partial charge is 0.274 e. The maximum atomic E-state index is 12.5. The quantitative estimate of drug-likeness (QED) is 0.574. The maximum Gasteiger partial charge on any atom is 0.274 e. The number of carbonyl (C=O) groups excluding carboxylic acids is 1. The zero-order chi connectivity index (χ0) is 19.6. The second kappa shape index (κ2) is 10.6. The molecule has 5 nitrogen and oxygen atoms in total. The zero-order valence-electron chi connectivity index (χ0n) is 17.0. The van der Waals surface area contributed by atoms with Gasteiger partial charge >= 0.3 is 0 Å². The summed E-state index contributed by atoms with van der Waals surface area (Å²) < 4.78 is 0. The van der Waals surface area contributed by atoms with Crippen molar-refractivity contribution in [2.45, 2.75) is 47.0 Å². The molecule has 5 heteroatoms. The molecule has 1 aromatic carbocycles. The molecule has 2 aromatic rings. The van der Waals surface area contributed by atoms with Crippen molar-refractivity contribution < 1.29 is 4.79 Å². The number of nitrogens with zero attached hydrogens (tertiary/aromatic N) is 2.